The van der Waals surface area contributed by atoms with Crippen LogP contribution >= 0.6 is 0 Å². The van der Waals surface area contributed by atoms with Crippen LogP contribution in [0.15, 0.2) is 88.1 Å². The highest BCUT2D eigenvalue weighted by Crippen LogP contribution is 2.29. The molecule has 4 nitrogen and oxygen atoms in total. The Balaban J connectivity index is 1.91. The van der Waals surface area contributed by atoms with Gasteiger partial charge in [0.2, 0.25) is 0 Å². The molecule has 0 spiro atoms. The van der Waals surface area contributed by atoms with E-state index in [2.05, 4.69) is 77.4 Å². The van der Waals surface area contributed by atoms with Crippen LogP contribution in [0.2, 0.25) is 0 Å². The number of allylic oxidation sites excluding steroid dienone is 3. The van der Waals surface area contributed by atoms with Crippen molar-refractivity contribution in [2.24, 2.45) is 21.8 Å². The van der Waals surface area contributed by atoms with Crippen LogP contribution < -0.4 is 5.32 Å². The van der Waals surface area contributed by atoms with Crippen molar-refractivity contribution in [2.75, 3.05) is 7.05 Å². The Labute approximate surface area is 185 Å². The highest BCUT2D eigenvalue weighted by atomic mass is 15.1. The van der Waals surface area contributed by atoms with Gasteiger partial charge in [0.1, 0.15) is 11.5 Å². The summed E-state index contributed by atoms with van der Waals surface area (Å²) in [5.41, 5.74) is 11.9. The van der Waals surface area contributed by atoms with Crippen molar-refractivity contribution in [3.8, 4) is 0 Å². The first-order chi connectivity index (χ1) is 15.0. The summed E-state index contributed by atoms with van der Waals surface area (Å²) in [5, 5.41) is 3.33. The molecule has 0 fully saturated rings. The number of aliphatic imine (C=N–C) groups is 2. The van der Waals surface area contributed by atoms with Crippen molar-refractivity contribution < 1.29 is 0 Å². The maximum Gasteiger partial charge on any atom is 0.139 e. The van der Waals surface area contributed by atoms with Crippen molar-refractivity contribution in [1.82, 2.24) is 10.2 Å². The highest BCUT2D eigenvalue weighted by Gasteiger charge is 2.18. The molecule has 4 heteroatoms. The van der Waals surface area contributed by atoms with E-state index in [4.69, 9.17) is 4.99 Å². The van der Waals surface area contributed by atoms with Gasteiger partial charge in [0, 0.05) is 36.5 Å². The standard InChI is InChI=1S/C27H30N4/c1-7-15-31(6)26(9-3)21-14-13-20-11-10-12-27(30-24(20)16-21)29-23(8-2)25-17-22(18-28-25)19(4)5/h7,9,11-19,22H,2H2,1,3-6H3,(H,29,30)/b15-7+,26-9-. The van der Waals surface area contributed by atoms with Crippen molar-refractivity contribution >= 4 is 29.5 Å². The van der Waals surface area contributed by atoms with E-state index in [1.165, 1.54) is 0 Å². The molecule has 31 heavy (non-hydrogen) atoms. The molecule has 0 amide bonds. The fourth-order valence-corrected chi connectivity index (χ4v) is 3.51. The summed E-state index contributed by atoms with van der Waals surface area (Å²) in [4.78, 5) is 11.5. The maximum atomic E-state index is 4.86. The van der Waals surface area contributed by atoms with E-state index in [-0.39, 0.29) is 0 Å². The van der Waals surface area contributed by atoms with Gasteiger partial charge in [0.15, 0.2) is 0 Å². The van der Waals surface area contributed by atoms with Gasteiger partial charge in [0.25, 0.3) is 0 Å². The largest absolute Gasteiger partial charge is 0.351 e. The Morgan fingerprint density at radius 1 is 1.29 bits per heavy atom. The molecule has 2 aliphatic heterocycles. The molecular weight excluding hydrogens is 380 g/mol. The average molecular weight is 411 g/mol. The lowest BCUT2D eigenvalue weighted by atomic mass is 9.97. The Morgan fingerprint density at radius 3 is 2.74 bits per heavy atom. The summed E-state index contributed by atoms with van der Waals surface area (Å²) in [6.07, 6.45) is 14.1. The predicted octanol–water partition coefficient (Wildman–Crippen LogP) is 6.22. The van der Waals surface area contributed by atoms with Gasteiger partial charge in [-0.3, -0.25) is 4.99 Å². The molecule has 0 aliphatic carbocycles. The minimum Gasteiger partial charge on any atom is -0.351 e. The van der Waals surface area contributed by atoms with Gasteiger partial charge in [0.05, 0.1) is 11.4 Å². The summed E-state index contributed by atoms with van der Waals surface area (Å²) in [6.45, 7) is 12.3. The second kappa shape index (κ2) is 9.95. The van der Waals surface area contributed by atoms with Crippen LogP contribution in [-0.2, 0) is 0 Å². The van der Waals surface area contributed by atoms with Crippen molar-refractivity contribution in [1.29, 1.82) is 0 Å². The lowest BCUT2D eigenvalue weighted by Gasteiger charge is -2.19. The molecule has 1 unspecified atom stereocenters. The van der Waals surface area contributed by atoms with Crippen LogP contribution in [0.4, 0.5) is 5.69 Å². The highest BCUT2D eigenvalue weighted by molar-refractivity contribution is 5.98. The number of hydrogen-bond donors (Lipinski definition) is 1. The summed E-state index contributed by atoms with van der Waals surface area (Å²) in [7, 11) is 2.04. The van der Waals surface area contributed by atoms with E-state index < -0.39 is 0 Å². The molecular formula is C27H30N4. The number of nitrogens with zero attached hydrogens (tertiary/aromatic N) is 3. The van der Waals surface area contributed by atoms with E-state index in [0.717, 1.165) is 33.9 Å². The van der Waals surface area contributed by atoms with Crippen LogP contribution in [0, 0.1) is 11.8 Å². The Morgan fingerprint density at radius 2 is 2.10 bits per heavy atom. The lowest BCUT2D eigenvalue weighted by Crippen LogP contribution is -2.20. The quantitative estimate of drug-likeness (QED) is 0.565. The SMILES string of the molecule is C=C=C(NC1=Nc2cc(/C(=C/C)N(C)/C=C/C)ccc2C=C=C1)C1=CC(C(C)C)C=N1. The first-order valence-electron chi connectivity index (χ1n) is 10.6. The second-order valence-corrected chi connectivity index (χ2v) is 7.82. The molecule has 2 heterocycles. The molecule has 0 radical (unpaired) electrons. The Bertz CT molecular complexity index is 1110. The molecule has 2 aliphatic rings. The number of nitrogens with one attached hydrogen (secondary N) is 1. The molecule has 158 valence electrons. The number of amidine groups is 1. The van der Waals surface area contributed by atoms with Crippen LogP contribution in [-0.4, -0.2) is 24.0 Å². The zero-order valence-electron chi connectivity index (χ0n) is 19.0. The van der Waals surface area contributed by atoms with Crippen molar-refractivity contribution in [3.63, 3.8) is 0 Å². The normalized spacial score (nSPS) is 17.4. The third-order valence-electron chi connectivity index (χ3n) is 5.24. The van der Waals surface area contributed by atoms with Crippen molar-refractivity contribution in [3.05, 3.63) is 89.3 Å². The molecule has 0 aromatic heterocycles. The first-order valence-corrected chi connectivity index (χ1v) is 10.6. The lowest BCUT2D eigenvalue weighted by molar-refractivity contribution is 0.589. The van der Waals surface area contributed by atoms with Gasteiger partial charge in [-0.2, -0.15) is 0 Å². The second-order valence-electron chi connectivity index (χ2n) is 7.82. The van der Waals surface area contributed by atoms with Gasteiger partial charge in [-0.25, -0.2) is 4.99 Å². The molecule has 0 saturated carbocycles. The van der Waals surface area contributed by atoms with Gasteiger partial charge >= 0.3 is 0 Å². The minimum absolute atomic E-state index is 0.323. The predicted molar refractivity (Wildman–Crippen MR) is 133 cm³/mol. The maximum absolute atomic E-state index is 4.86. The van der Waals surface area contributed by atoms with Crippen LogP contribution in [0.25, 0.3) is 11.8 Å². The fourth-order valence-electron chi connectivity index (χ4n) is 3.51. The third kappa shape index (κ3) is 5.13. The van der Waals surface area contributed by atoms with Crippen LogP contribution in [0.1, 0.15) is 38.8 Å². The van der Waals surface area contributed by atoms with E-state index in [1.54, 1.807) is 0 Å². The van der Waals surface area contributed by atoms with E-state index >= 15 is 0 Å². The van der Waals surface area contributed by atoms with Gasteiger partial charge in [-0.15, -0.1) is 11.5 Å². The van der Waals surface area contributed by atoms with Gasteiger partial charge < -0.3 is 10.2 Å². The summed E-state index contributed by atoms with van der Waals surface area (Å²) < 4.78 is 0. The fraction of sp³-hybridized carbons (Fsp3) is 0.259. The minimum atomic E-state index is 0.323. The van der Waals surface area contributed by atoms with E-state index in [9.17, 15) is 0 Å². The topological polar surface area (TPSA) is 40.0 Å². The third-order valence-corrected chi connectivity index (χ3v) is 5.24. The first kappa shape index (κ1) is 22.1. The molecule has 1 aromatic carbocycles. The smallest absolute Gasteiger partial charge is 0.139 e. The Kier molecular flexibility index (Phi) is 7.10. The zero-order valence-corrected chi connectivity index (χ0v) is 19.0. The summed E-state index contributed by atoms with van der Waals surface area (Å²) in [6, 6.07) is 6.29. The summed E-state index contributed by atoms with van der Waals surface area (Å²) in [5.74, 6) is 1.49. The summed E-state index contributed by atoms with van der Waals surface area (Å²) >= 11 is 0. The van der Waals surface area contributed by atoms with Crippen LogP contribution in [0.5, 0.6) is 0 Å². The van der Waals surface area contributed by atoms with Gasteiger partial charge in [-0.05, 0) is 49.7 Å². The number of rotatable bonds is 6. The average Bonchev–Trinajstić information content (AvgIpc) is 3.15. The monoisotopic (exact) mass is 410 g/mol. The molecule has 1 N–H and O–H groups in total. The molecule has 0 saturated heterocycles. The molecule has 1 aromatic rings. The molecule has 1 atom stereocenters. The molecule has 3 rings (SSSR count). The number of hydrogen-bond acceptors (Lipinski definition) is 4. The van der Waals surface area contributed by atoms with E-state index in [1.807, 2.05) is 51.5 Å². The van der Waals surface area contributed by atoms with Crippen molar-refractivity contribution in [2.45, 2.75) is 27.7 Å². The van der Waals surface area contributed by atoms with Crippen LogP contribution in [0.3, 0.4) is 0 Å². The Hall–Kier alpha value is -3.58. The van der Waals surface area contributed by atoms with E-state index in [0.29, 0.717) is 17.7 Å². The zero-order chi connectivity index (χ0) is 22.4. The van der Waals surface area contributed by atoms with Gasteiger partial charge in [-0.1, -0.05) is 44.7 Å². The molecule has 0 bridgehead atoms. The number of fused-ring (bicyclic) bond motifs is 1. The number of benzene rings is 1.